The molecule has 1 saturated heterocycles. The van der Waals surface area contributed by atoms with Crippen LogP contribution < -0.4 is 0 Å². The second kappa shape index (κ2) is 6.52. The van der Waals surface area contributed by atoms with Crippen molar-refractivity contribution in [1.29, 1.82) is 0 Å². The lowest BCUT2D eigenvalue weighted by Gasteiger charge is -2.15. The van der Waals surface area contributed by atoms with Gasteiger partial charge in [-0.15, -0.1) is 0 Å². The summed E-state index contributed by atoms with van der Waals surface area (Å²) in [6.07, 6.45) is 0. The van der Waals surface area contributed by atoms with E-state index in [1.807, 2.05) is 0 Å². The second-order valence-electron chi connectivity index (χ2n) is 5.48. The zero-order valence-electron chi connectivity index (χ0n) is 13.0. The Balaban J connectivity index is 1.80. The Morgan fingerprint density at radius 2 is 1.36 bits per heavy atom. The number of nitrogens with zero attached hydrogens (tertiary/aromatic N) is 3. The number of nitro groups is 1. The van der Waals surface area contributed by atoms with Crippen molar-refractivity contribution in [1.82, 2.24) is 9.80 Å². The van der Waals surface area contributed by atoms with E-state index >= 15 is 0 Å². The Labute approximate surface area is 142 Å². The smallest absolute Gasteiger partial charge is 0.263 e. The van der Waals surface area contributed by atoms with Crippen LogP contribution in [0.3, 0.4) is 0 Å². The van der Waals surface area contributed by atoms with Gasteiger partial charge in [-0.05, 0) is 11.1 Å². The Bertz CT molecular complexity index is 866. The third-order valence-corrected chi connectivity index (χ3v) is 3.78. The van der Waals surface area contributed by atoms with Gasteiger partial charge < -0.3 is 0 Å². The van der Waals surface area contributed by atoms with Crippen molar-refractivity contribution >= 4 is 23.5 Å². The number of nitro benzene ring substituents is 1. The number of non-ortho nitro benzene ring substituents is 1. The molecule has 0 saturated carbocycles. The van der Waals surface area contributed by atoms with Crippen LogP contribution >= 0.6 is 0 Å². The highest BCUT2D eigenvalue weighted by Crippen LogP contribution is 2.20. The summed E-state index contributed by atoms with van der Waals surface area (Å²) in [4.78, 5) is 48.6. The minimum absolute atomic E-state index is 0.00428. The predicted molar refractivity (Wildman–Crippen MR) is 86.0 cm³/mol. The highest BCUT2D eigenvalue weighted by molar-refractivity contribution is 6.44. The molecular formula is C17H13N3O5. The van der Waals surface area contributed by atoms with Gasteiger partial charge in [0, 0.05) is 12.1 Å². The van der Waals surface area contributed by atoms with Gasteiger partial charge in [-0.25, -0.2) is 4.79 Å². The van der Waals surface area contributed by atoms with Crippen LogP contribution in [0, 0.1) is 10.1 Å². The Morgan fingerprint density at radius 1 is 0.800 bits per heavy atom. The molecule has 0 radical (unpaired) electrons. The van der Waals surface area contributed by atoms with Crippen LogP contribution in [0.25, 0.3) is 0 Å². The minimum atomic E-state index is -0.938. The number of urea groups is 1. The molecule has 2 aromatic rings. The van der Waals surface area contributed by atoms with Gasteiger partial charge in [0.25, 0.3) is 5.69 Å². The predicted octanol–water partition coefficient (Wildman–Crippen LogP) is 2.09. The molecule has 4 amide bonds. The lowest BCUT2D eigenvalue weighted by molar-refractivity contribution is -0.384. The monoisotopic (exact) mass is 339 g/mol. The van der Waals surface area contributed by atoms with Crippen LogP contribution in [0.2, 0.25) is 0 Å². The number of carbonyl (C=O) groups is 3. The molecule has 0 N–H and O–H groups in total. The van der Waals surface area contributed by atoms with E-state index in [2.05, 4.69) is 0 Å². The Kier molecular flexibility index (Phi) is 4.25. The number of amides is 4. The summed E-state index contributed by atoms with van der Waals surface area (Å²) < 4.78 is 0. The highest BCUT2D eigenvalue weighted by Gasteiger charge is 2.44. The fourth-order valence-corrected chi connectivity index (χ4v) is 2.55. The largest absolute Gasteiger partial charge is 0.334 e. The lowest BCUT2D eigenvalue weighted by atomic mass is 10.2. The first-order valence-electron chi connectivity index (χ1n) is 7.42. The lowest BCUT2D eigenvalue weighted by Crippen LogP contribution is -2.32. The van der Waals surface area contributed by atoms with E-state index in [-0.39, 0.29) is 18.8 Å². The quantitative estimate of drug-likeness (QED) is 0.359. The number of hydrogen-bond acceptors (Lipinski definition) is 5. The molecule has 3 rings (SSSR count). The summed E-state index contributed by atoms with van der Waals surface area (Å²) >= 11 is 0. The molecule has 25 heavy (non-hydrogen) atoms. The summed E-state index contributed by atoms with van der Waals surface area (Å²) in [5.41, 5.74) is 0.962. The maximum Gasteiger partial charge on any atom is 0.334 e. The Hall–Kier alpha value is -3.55. The molecule has 1 fully saturated rings. The van der Waals surface area contributed by atoms with E-state index in [4.69, 9.17) is 0 Å². The SMILES string of the molecule is O=C1C(=O)N(Cc2cccc([N+](=O)[O-])c2)C(=O)N1Cc1ccccc1. The van der Waals surface area contributed by atoms with Crippen LogP contribution in [-0.4, -0.2) is 32.6 Å². The van der Waals surface area contributed by atoms with Crippen molar-refractivity contribution in [2.75, 3.05) is 0 Å². The number of benzene rings is 2. The van der Waals surface area contributed by atoms with Gasteiger partial charge in [0.15, 0.2) is 0 Å². The maximum absolute atomic E-state index is 12.4. The van der Waals surface area contributed by atoms with Gasteiger partial charge in [0.1, 0.15) is 0 Å². The summed E-state index contributed by atoms with van der Waals surface area (Å²) in [5.74, 6) is -1.84. The first-order chi connectivity index (χ1) is 12.0. The topological polar surface area (TPSA) is 101 Å². The molecule has 126 valence electrons. The fourth-order valence-electron chi connectivity index (χ4n) is 2.55. The van der Waals surface area contributed by atoms with Crippen molar-refractivity contribution in [2.45, 2.75) is 13.1 Å². The van der Waals surface area contributed by atoms with Crippen LogP contribution in [0.4, 0.5) is 10.5 Å². The zero-order chi connectivity index (χ0) is 18.0. The third-order valence-electron chi connectivity index (χ3n) is 3.78. The molecule has 1 heterocycles. The summed E-state index contributed by atoms with van der Waals surface area (Å²) in [5, 5.41) is 10.8. The van der Waals surface area contributed by atoms with Crippen molar-refractivity contribution in [3.05, 3.63) is 75.8 Å². The van der Waals surface area contributed by atoms with E-state index < -0.39 is 22.8 Å². The molecule has 1 aliphatic rings. The molecule has 0 bridgehead atoms. The van der Waals surface area contributed by atoms with Gasteiger partial charge in [-0.1, -0.05) is 42.5 Å². The second-order valence-corrected chi connectivity index (χ2v) is 5.48. The first kappa shape index (κ1) is 16.3. The van der Waals surface area contributed by atoms with E-state index in [9.17, 15) is 24.5 Å². The number of imide groups is 2. The minimum Gasteiger partial charge on any atom is -0.263 e. The van der Waals surface area contributed by atoms with Crippen molar-refractivity contribution in [2.24, 2.45) is 0 Å². The standard InChI is InChI=1S/C17H13N3O5/c21-15-16(22)19(11-13-7-4-8-14(9-13)20(24)25)17(23)18(15)10-12-5-2-1-3-6-12/h1-9H,10-11H2. The van der Waals surface area contributed by atoms with Crippen molar-refractivity contribution in [3.8, 4) is 0 Å². The molecule has 0 spiro atoms. The molecule has 0 aliphatic carbocycles. The molecular weight excluding hydrogens is 326 g/mol. The van der Waals surface area contributed by atoms with Crippen LogP contribution in [0.15, 0.2) is 54.6 Å². The first-order valence-corrected chi connectivity index (χ1v) is 7.42. The van der Waals surface area contributed by atoms with Gasteiger partial charge in [0.05, 0.1) is 18.0 Å². The summed E-state index contributed by atoms with van der Waals surface area (Å²) in [6.45, 7) is -0.202. The molecule has 0 unspecified atom stereocenters. The van der Waals surface area contributed by atoms with Gasteiger partial charge in [-0.3, -0.25) is 29.5 Å². The average Bonchev–Trinajstić information content (AvgIpc) is 2.81. The molecule has 0 atom stereocenters. The molecule has 0 aromatic heterocycles. The zero-order valence-corrected chi connectivity index (χ0v) is 13.0. The van der Waals surface area contributed by atoms with Crippen LogP contribution in [0.1, 0.15) is 11.1 Å². The van der Waals surface area contributed by atoms with E-state index in [0.717, 1.165) is 9.80 Å². The number of rotatable bonds is 5. The number of carbonyl (C=O) groups excluding carboxylic acids is 3. The van der Waals surface area contributed by atoms with Crippen molar-refractivity contribution in [3.63, 3.8) is 0 Å². The van der Waals surface area contributed by atoms with E-state index in [1.54, 1.807) is 36.4 Å². The van der Waals surface area contributed by atoms with Gasteiger partial charge in [0.2, 0.25) is 0 Å². The van der Waals surface area contributed by atoms with Gasteiger partial charge in [-0.2, -0.15) is 0 Å². The maximum atomic E-state index is 12.4. The summed E-state index contributed by atoms with van der Waals surface area (Å²) in [6, 6.07) is 13.7. The normalized spacial score (nSPS) is 14.3. The third kappa shape index (κ3) is 3.23. The summed E-state index contributed by atoms with van der Waals surface area (Å²) in [7, 11) is 0. The number of hydrogen-bond donors (Lipinski definition) is 0. The average molecular weight is 339 g/mol. The van der Waals surface area contributed by atoms with Crippen LogP contribution in [-0.2, 0) is 22.7 Å². The highest BCUT2D eigenvalue weighted by atomic mass is 16.6. The Morgan fingerprint density at radius 3 is 1.96 bits per heavy atom. The van der Waals surface area contributed by atoms with Crippen LogP contribution in [0.5, 0.6) is 0 Å². The van der Waals surface area contributed by atoms with Gasteiger partial charge >= 0.3 is 17.8 Å². The van der Waals surface area contributed by atoms with E-state index in [0.29, 0.717) is 11.1 Å². The molecule has 2 aromatic carbocycles. The molecule has 8 heteroatoms. The fraction of sp³-hybridized carbons (Fsp3) is 0.118. The van der Waals surface area contributed by atoms with E-state index in [1.165, 1.54) is 18.2 Å². The molecule has 1 aliphatic heterocycles. The molecule has 8 nitrogen and oxygen atoms in total. The van der Waals surface area contributed by atoms with Crippen molar-refractivity contribution < 1.29 is 19.3 Å².